The van der Waals surface area contributed by atoms with E-state index in [0.29, 0.717) is 6.54 Å². The fourth-order valence-electron chi connectivity index (χ4n) is 3.10. The highest BCUT2D eigenvalue weighted by atomic mass is 16.4. The van der Waals surface area contributed by atoms with Crippen molar-refractivity contribution in [2.75, 3.05) is 45.2 Å². The first-order valence-corrected chi connectivity index (χ1v) is 9.50. The number of hydrogen-bond acceptors (Lipinski definition) is 7. The third-order valence-corrected chi connectivity index (χ3v) is 4.70. The molecule has 0 spiro atoms. The molecule has 0 bridgehead atoms. The van der Waals surface area contributed by atoms with Crippen LogP contribution in [0.3, 0.4) is 0 Å². The minimum absolute atomic E-state index is 0.00247. The van der Waals surface area contributed by atoms with Gasteiger partial charge in [-0.25, -0.2) is 4.98 Å². The number of ketones is 2. The summed E-state index contributed by atoms with van der Waals surface area (Å²) in [5.74, 6) is -0.382. The van der Waals surface area contributed by atoms with Crippen LogP contribution in [0.1, 0.15) is 34.9 Å². The van der Waals surface area contributed by atoms with Gasteiger partial charge in [-0.1, -0.05) is 0 Å². The zero-order valence-corrected chi connectivity index (χ0v) is 16.8. The Kier molecular flexibility index (Phi) is 5.94. The van der Waals surface area contributed by atoms with Gasteiger partial charge in [0.25, 0.3) is 0 Å². The Balaban J connectivity index is 1.81. The highest BCUT2D eigenvalue weighted by Crippen LogP contribution is 2.28. The number of fused-ring (bicyclic) bond motifs is 1. The molecular formula is C21H26N4O3. The first kappa shape index (κ1) is 19.8. The molecule has 7 nitrogen and oxygen atoms in total. The van der Waals surface area contributed by atoms with Gasteiger partial charge in [0, 0.05) is 43.5 Å². The number of likely N-dealkylation sites (N-methyl/N-ethyl adjacent to an activating group) is 1. The number of hydrogen-bond donors (Lipinski definition) is 1. The summed E-state index contributed by atoms with van der Waals surface area (Å²) in [6, 6.07) is 7.76. The van der Waals surface area contributed by atoms with E-state index in [1.165, 1.54) is 6.08 Å². The van der Waals surface area contributed by atoms with Gasteiger partial charge in [-0.2, -0.15) is 0 Å². The van der Waals surface area contributed by atoms with Gasteiger partial charge >= 0.3 is 0 Å². The molecule has 7 heteroatoms. The average molecular weight is 382 g/mol. The molecule has 0 radical (unpaired) electrons. The Hall–Kier alpha value is -2.93. The number of nitrogens with zero attached hydrogens (tertiary/aromatic N) is 3. The maximum Gasteiger partial charge on any atom is 0.246 e. The molecule has 0 saturated carbocycles. The van der Waals surface area contributed by atoms with Crippen LogP contribution in [0.2, 0.25) is 0 Å². The van der Waals surface area contributed by atoms with Gasteiger partial charge in [-0.15, -0.1) is 0 Å². The third-order valence-electron chi connectivity index (χ3n) is 4.70. The quantitative estimate of drug-likeness (QED) is 0.752. The number of anilines is 1. The molecule has 1 aromatic heterocycles. The van der Waals surface area contributed by atoms with Gasteiger partial charge in [0.15, 0.2) is 5.69 Å². The molecule has 0 saturated heterocycles. The highest BCUT2D eigenvalue weighted by molar-refractivity contribution is 6.22. The van der Waals surface area contributed by atoms with E-state index in [1.807, 2.05) is 43.3 Å². The summed E-state index contributed by atoms with van der Waals surface area (Å²) < 4.78 is 5.70. The first-order chi connectivity index (χ1) is 13.4. The zero-order valence-electron chi connectivity index (χ0n) is 16.8. The molecular weight excluding hydrogens is 356 g/mol. The zero-order chi connectivity index (χ0) is 20.3. The topological polar surface area (TPSA) is 78.7 Å². The van der Waals surface area contributed by atoms with E-state index < -0.39 is 0 Å². The minimum atomic E-state index is -0.341. The lowest BCUT2D eigenvalue weighted by Gasteiger charge is -2.20. The number of allylic oxidation sites excluding steroid dienone is 2. The molecule has 148 valence electrons. The predicted octanol–water partition coefficient (Wildman–Crippen LogP) is 2.60. The van der Waals surface area contributed by atoms with Gasteiger partial charge in [-0.05, 0) is 52.2 Å². The standard InChI is InChI=1S/C21H26N4O3/c1-5-25(6-2)15-9-7-14(8-10-15)21-23-18-17(26)13-16(19(27)20(18)28-21)22-11-12-24(3)4/h7-10,13,22H,5-6,11-12H2,1-4H3. The van der Waals surface area contributed by atoms with Crippen molar-refractivity contribution < 1.29 is 14.0 Å². The van der Waals surface area contributed by atoms with Crippen LogP contribution in [0.4, 0.5) is 5.69 Å². The van der Waals surface area contributed by atoms with Gasteiger partial charge in [-0.3, -0.25) is 9.59 Å². The van der Waals surface area contributed by atoms with Crippen molar-refractivity contribution >= 4 is 17.3 Å². The predicted molar refractivity (Wildman–Crippen MR) is 109 cm³/mol. The fourth-order valence-corrected chi connectivity index (χ4v) is 3.10. The summed E-state index contributed by atoms with van der Waals surface area (Å²) >= 11 is 0. The summed E-state index contributed by atoms with van der Waals surface area (Å²) in [6.45, 7) is 7.35. The Bertz CT molecular complexity index is 893. The summed E-state index contributed by atoms with van der Waals surface area (Å²) in [6.07, 6.45) is 1.30. The number of oxazole rings is 1. The summed E-state index contributed by atoms with van der Waals surface area (Å²) in [4.78, 5) is 33.6. The van der Waals surface area contributed by atoms with E-state index in [-0.39, 0.29) is 34.6 Å². The second-order valence-electron chi connectivity index (χ2n) is 6.90. The van der Waals surface area contributed by atoms with Crippen LogP contribution in [-0.2, 0) is 0 Å². The van der Waals surface area contributed by atoms with Gasteiger partial charge in [0.2, 0.25) is 23.2 Å². The lowest BCUT2D eigenvalue weighted by atomic mass is 10.0. The monoisotopic (exact) mass is 382 g/mol. The molecule has 1 aliphatic rings. The van der Waals surface area contributed by atoms with E-state index >= 15 is 0 Å². The highest BCUT2D eigenvalue weighted by Gasteiger charge is 2.32. The number of Topliss-reactive ketones (excluding diaryl/α,β-unsaturated/α-hetero) is 1. The first-order valence-electron chi connectivity index (χ1n) is 9.50. The van der Waals surface area contributed by atoms with Crippen molar-refractivity contribution in [1.29, 1.82) is 0 Å². The summed E-state index contributed by atoms with van der Waals surface area (Å²) in [7, 11) is 3.88. The van der Waals surface area contributed by atoms with Crippen LogP contribution >= 0.6 is 0 Å². The SMILES string of the molecule is CCN(CC)c1ccc(-c2nc3c(o2)C(=O)C(NCCN(C)C)=CC3=O)cc1. The second-order valence-corrected chi connectivity index (χ2v) is 6.90. The van der Waals surface area contributed by atoms with E-state index in [9.17, 15) is 9.59 Å². The molecule has 0 aliphatic heterocycles. The van der Waals surface area contributed by atoms with Crippen LogP contribution in [0.5, 0.6) is 0 Å². The molecule has 2 aromatic rings. The lowest BCUT2D eigenvalue weighted by molar-refractivity contribution is 0.0956. The van der Waals surface area contributed by atoms with Crippen LogP contribution in [0.15, 0.2) is 40.5 Å². The van der Waals surface area contributed by atoms with Crippen LogP contribution < -0.4 is 10.2 Å². The molecule has 0 amide bonds. The molecule has 0 atom stereocenters. The smallest absolute Gasteiger partial charge is 0.246 e. The summed E-state index contributed by atoms with van der Waals surface area (Å²) in [5, 5.41) is 3.01. The van der Waals surface area contributed by atoms with Crippen molar-refractivity contribution in [3.63, 3.8) is 0 Å². The second kappa shape index (κ2) is 8.39. The number of benzene rings is 1. The molecule has 0 fully saturated rings. The van der Waals surface area contributed by atoms with E-state index in [2.05, 4.69) is 29.0 Å². The van der Waals surface area contributed by atoms with Crippen LogP contribution in [0, 0.1) is 0 Å². The Morgan fingerprint density at radius 2 is 1.75 bits per heavy atom. The molecule has 1 aliphatic carbocycles. The third kappa shape index (κ3) is 3.99. The fraction of sp³-hybridized carbons (Fsp3) is 0.381. The van der Waals surface area contributed by atoms with Crippen molar-refractivity contribution in [2.45, 2.75) is 13.8 Å². The number of aromatic nitrogens is 1. The number of nitrogens with one attached hydrogen (secondary N) is 1. The van der Waals surface area contributed by atoms with Crippen molar-refractivity contribution in [1.82, 2.24) is 15.2 Å². The van der Waals surface area contributed by atoms with Crippen LogP contribution in [-0.4, -0.2) is 61.7 Å². The van der Waals surface area contributed by atoms with E-state index in [1.54, 1.807) is 0 Å². The maximum absolute atomic E-state index is 12.7. The Labute approximate surface area is 165 Å². The number of carbonyl (C=O) groups excluding carboxylic acids is 2. The lowest BCUT2D eigenvalue weighted by Crippen LogP contribution is -2.31. The number of rotatable bonds is 8. The Morgan fingerprint density at radius 3 is 2.36 bits per heavy atom. The van der Waals surface area contributed by atoms with E-state index in [4.69, 9.17) is 4.42 Å². The van der Waals surface area contributed by atoms with E-state index in [0.717, 1.165) is 30.9 Å². The Morgan fingerprint density at radius 1 is 1.07 bits per heavy atom. The van der Waals surface area contributed by atoms with Crippen molar-refractivity contribution in [2.24, 2.45) is 0 Å². The summed E-state index contributed by atoms with van der Waals surface area (Å²) in [5.41, 5.74) is 2.16. The van der Waals surface area contributed by atoms with Crippen LogP contribution in [0.25, 0.3) is 11.5 Å². The molecule has 1 aromatic carbocycles. The largest absolute Gasteiger partial charge is 0.432 e. The normalized spacial score (nSPS) is 13.5. The maximum atomic E-state index is 12.7. The van der Waals surface area contributed by atoms with Gasteiger partial charge < -0.3 is 19.5 Å². The molecule has 28 heavy (non-hydrogen) atoms. The molecule has 3 rings (SSSR count). The minimum Gasteiger partial charge on any atom is -0.432 e. The molecule has 1 heterocycles. The molecule has 0 unspecified atom stereocenters. The van der Waals surface area contributed by atoms with Gasteiger partial charge in [0.1, 0.15) is 0 Å². The number of carbonyl (C=O) groups is 2. The molecule has 1 N–H and O–H groups in total. The van der Waals surface area contributed by atoms with Gasteiger partial charge in [0.05, 0.1) is 5.70 Å². The van der Waals surface area contributed by atoms with Crippen molar-refractivity contribution in [3.8, 4) is 11.5 Å². The average Bonchev–Trinajstić information content (AvgIpc) is 3.13. The van der Waals surface area contributed by atoms with Crippen molar-refractivity contribution in [3.05, 3.63) is 47.5 Å².